The van der Waals surface area contributed by atoms with Gasteiger partial charge in [0.05, 0.1) is 0 Å². The molecule has 2 aromatic carbocycles. The van der Waals surface area contributed by atoms with Gasteiger partial charge in [0.25, 0.3) is 0 Å². The Hall–Kier alpha value is -2.14. The molecule has 130 valence electrons. The van der Waals surface area contributed by atoms with Crippen LogP contribution in [0.2, 0.25) is 0 Å². The van der Waals surface area contributed by atoms with Crippen LogP contribution in [0, 0.1) is 5.92 Å². The summed E-state index contributed by atoms with van der Waals surface area (Å²) in [5.74, 6) is 0.202. The first-order valence-corrected chi connectivity index (χ1v) is 9.27. The molecular formula is C20H21BrN2O2. The molecule has 25 heavy (non-hydrogen) atoms. The third kappa shape index (κ3) is 4.69. The number of amides is 1. The van der Waals surface area contributed by atoms with Crippen LogP contribution < -0.4 is 10.2 Å². The fourth-order valence-electron chi connectivity index (χ4n) is 3.14. The number of carbonyl (C=O) groups is 2. The van der Waals surface area contributed by atoms with Crippen LogP contribution in [-0.2, 0) is 11.3 Å². The van der Waals surface area contributed by atoms with Crippen molar-refractivity contribution in [2.45, 2.75) is 19.4 Å². The number of benzene rings is 2. The summed E-state index contributed by atoms with van der Waals surface area (Å²) in [4.78, 5) is 25.4. The molecule has 4 nitrogen and oxygen atoms in total. The first-order valence-electron chi connectivity index (χ1n) is 8.48. The summed E-state index contributed by atoms with van der Waals surface area (Å²) in [5.41, 5.74) is 2.89. The molecule has 1 fully saturated rings. The molecule has 0 unspecified atom stereocenters. The van der Waals surface area contributed by atoms with Crippen LogP contribution in [0.4, 0.5) is 5.69 Å². The minimum absolute atomic E-state index is 0.0673. The third-order valence-corrected chi connectivity index (χ3v) is 5.11. The molecule has 0 aromatic heterocycles. The van der Waals surface area contributed by atoms with Crippen molar-refractivity contribution in [3.8, 4) is 0 Å². The highest BCUT2D eigenvalue weighted by molar-refractivity contribution is 9.10. The molecule has 0 aliphatic carbocycles. The van der Waals surface area contributed by atoms with E-state index in [1.54, 1.807) is 0 Å². The molecule has 2 aromatic rings. The van der Waals surface area contributed by atoms with Crippen molar-refractivity contribution in [2.75, 3.05) is 18.0 Å². The van der Waals surface area contributed by atoms with E-state index in [0.29, 0.717) is 12.1 Å². The topological polar surface area (TPSA) is 49.4 Å². The zero-order valence-corrected chi connectivity index (χ0v) is 15.5. The monoisotopic (exact) mass is 400 g/mol. The van der Waals surface area contributed by atoms with Gasteiger partial charge in [0.15, 0.2) is 0 Å². The Bertz CT molecular complexity index is 738. The lowest BCUT2D eigenvalue weighted by Crippen LogP contribution is -2.40. The number of anilines is 1. The molecule has 0 atom stereocenters. The average Bonchev–Trinajstić information content (AvgIpc) is 2.66. The predicted octanol–water partition coefficient (Wildman–Crippen LogP) is 3.79. The van der Waals surface area contributed by atoms with E-state index in [4.69, 9.17) is 0 Å². The second-order valence-corrected chi connectivity index (χ2v) is 7.23. The number of rotatable bonds is 5. The van der Waals surface area contributed by atoms with Gasteiger partial charge in [-0.3, -0.25) is 9.59 Å². The van der Waals surface area contributed by atoms with Crippen molar-refractivity contribution < 1.29 is 9.59 Å². The maximum Gasteiger partial charge on any atom is 0.223 e. The first-order chi connectivity index (χ1) is 12.2. The number of halogens is 1. The molecule has 0 radical (unpaired) electrons. The van der Waals surface area contributed by atoms with Gasteiger partial charge in [-0.05, 0) is 54.8 Å². The van der Waals surface area contributed by atoms with Crippen LogP contribution in [0.1, 0.15) is 28.8 Å². The molecule has 1 heterocycles. The van der Waals surface area contributed by atoms with Gasteiger partial charge in [-0.2, -0.15) is 0 Å². The molecule has 1 aliphatic rings. The van der Waals surface area contributed by atoms with E-state index in [-0.39, 0.29) is 11.8 Å². The molecule has 0 bridgehead atoms. The predicted molar refractivity (Wildman–Crippen MR) is 103 cm³/mol. The molecule has 3 rings (SSSR count). The van der Waals surface area contributed by atoms with E-state index in [1.165, 1.54) is 0 Å². The minimum atomic E-state index is 0.0673. The van der Waals surface area contributed by atoms with E-state index in [1.807, 2.05) is 48.5 Å². The van der Waals surface area contributed by atoms with Crippen molar-refractivity contribution in [3.63, 3.8) is 0 Å². The van der Waals surface area contributed by atoms with Crippen molar-refractivity contribution in [1.82, 2.24) is 5.32 Å². The molecule has 0 saturated carbocycles. The van der Waals surface area contributed by atoms with Gasteiger partial charge in [-0.1, -0.05) is 28.1 Å². The van der Waals surface area contributed by atoms with Gasteiger partial charge in [0.1, 0.15) is 6.29 Å². The second kappa shape index (κ2) is 8.30. The Morgan fingerprint density at radius 1 is 1.16 bits per heavy atom. The smallest absolute Gasteiger partial charge is 0.223 e. The number of nitrogens with one attached hydrogen (secondary N) is 1. The Morgan fingerprint density at radius 2 is 1.88 bits per heavy atom. The second-order valence-electron chi connectivity index (χ2n) is 6.32. The van der Waals surface area contributed by atoms with Gasteiger partial charge in [0, 0.05) is 41.3 Å². The quantitative estimate of drug-likeness (QED) is 0.776. The van der Waals surface area contributed by atoms with Gasteiger partial charge in [-0.15, -0.1) is 0 Å². The fourth-order valence-corrected chi connectivity index (χ4v) is 3.59. The highest BCUT2D eigenvalue weighted by Crippen LogP contribution is 2.23. The SMILES string of the molecule is O=Cc1ccc(N2CCC(C(=O)NCc3cccc(Br)c3)CC2)cc1. The highest BCUT2D eigenvalue weighted by Gasteiger charge is 2.24. The van der Waals surface area contributed by atoms with Gasteiger partial charge in [-0.25, -0.2) is 0 Å². The van der Waals surface area contributed by atoms with Crippen LogP contribution in [0.15, 0.2) is 53.0 Å². The average molecular weight is 401 g/mol. The summed E-state index contributed by atoms with van der Waals surface area (Å²) in [6, 6.07) is 15.6. The zero-order chi connectivity index (χ0) is 17.6. The Morgan fingerprint density at radius 3 is 2.52 bits per heavy atom. The number of carbonyl (C=O) groups excluding carboxylic acids is 2. The maximum absolute atomic E-state index is 12.4. The van der Waals surface area contributed by atoms with Crippen LogP contribution in [0.5, 0.6) is 0 Å². The fraction of sp³-hybridized carbons (Fsp3) is 0.300. The zero-order valence-electron chi connectivity index (χ0n) is 14.0. The summed E-state index contributed by atoms with van der Waals surface area (Å²) < 4.78 is 1.02. The lowest BCUT2D eigenvalue weighted by atomic mass is 9.95. The van der Waals surface area contributed by atoms with E-state index < -0.39 is 0 Å². The van der Waals surface area contributed by atoms with Crippen LogP contribution in [0.3, 0.4) is 0 Å². The largest absolute Gasteiger partial charge is 0.371 e. The standard InChI is InChI=1S/C20H21BrN2O2/c21-18-3-1-2-16(12-18)13-22-20(25)17-8-10-23(11-9-17)19-6-4-15(14-24)5-7-19/h1-7,12,14,17H,8-11,13H2,(H,22,25). The number of hydrogen-bond donors (Lipinski definition) is 1. The molecular weight excluding hydrogens is 380 g/mol. The Balaban J connectivity index is 1.49. The van der Waals surface area contributed by atoms with Crippen LogP contribution in [0.25, 0.3) is 0 Å². The van der Waals surface area contributed by atoms with E-state index in [0.717, 1.165) is 47.9 Å². The molecule has 1 amide bonds. The Kier molecular flexibility index (Phi) is 5.87. The van der Waals surface area contributed by atoms with Gasteiger partial charge in [0.2, 0.25) is 5.91 Å². The number of hydrogen-bond acceptors (Lipinski definition) is 3. The van der Waals surface area contributed by atoms with Crippen molar-refractivity contribution >= 4 is 33.8 Å². The third-order valence-electron chi connectivity index (χ3n) is 4.62. The molecule has 1 aliphatic heterocycles. The molecule has 1 saturated heterocycles. The van der Waals surface area contributed by atoms with Crippen molar-refractivity contribution in [3.05, 3.63) is 64.1 Å². The van der Waals surface area contributed by atoms with Crippen molar-refractivity contribution in [1.29, 1.82) is 0 Å². The summed E-state index contributed by atoms with van der Waals surface area (Å²) in [5, 5.41) is 3.05. The molecule has 0 spiro atoms. The maximum atomic E-state index is 12.4. The normalized spacial score (nSPS) is 15.0. The Labute approximate surface area is 156 Å². The van der Waals surface area contributed by atoms with Gasteiger partial charge < -0.3 is 10.2 Å². The molecule has 1 N–H and O–H groups in total. The van der Waals surface area contributed by atoms with E-state index in [2.05, 4.69) is 26.1 Å². The van der Waals surface area contributed by atoms with Crippen LogP contribution >= 0.6 is 15.9 Å². The number of nitrogens with zero attached hydrogens (tertiary/aromatic N) is 1. The summed E-state index contributed by atoms with van der Waals surface area (Å²) >= 11 is 3.45. The first kappa shape index (κ1) is 17.7. The lowest BCUT2D eigenvalue weighted by Gasteiger charge is -2.33. The summed E-state index contributed by atoms with van der Waals surface area (Å²) in [6.45, 7) is 2.27. The molecule has 5 heteroatoms. The summed E-state index contributed by atoms with van der Waals surface area (Å²) in [6.07, 6.45) is 2.55. The van der Waals surface area contributed by atoms with E-state index in [9.17, 15) is 9.59 Å². The van der Waals surface area contributed by atoms with Gasteiger partial charge >= 0.3 is 0 Å². The lowest BCUT2D eigenvalue weighted by molar-refractivity contribution is -0.125. The summed E-state index contributed by atoms with van der Waals surface area (Å²) in [7, 11) is 0. The van der Waals surface area contributed by atoms with Crippen molar-refractivity contribution in [2.24, 2.45) is 5.92 Å². The van der Waals surface area contributed by atoms with E-state index >= 15 is 0 Å². The van der Waals surface area contributed by atoms with Crippen LogP contribution in [-0.4, -0.2) is 25.3 Å². The number of aldehydes is 1. The highest BCUT2D eigenvalue weighted by atomic mass is 79.9. The number of piperidine rings is 1. The minimum Gasteiger partial charge on any atom is -0.371 e.